The summed E-state index contributed by atoms with van der Waals surface area (Å²) in [7, 11) is -1.38. The third-order valence-corrected chi connectivity index (χ3v) is 7.03. The Labute approximate surface area is 203 Å². The molecule has 1 fully saturated rings. The zero-order valence-electron chi connectivity index (χ0n) is 18.7. The zero-order valence-corrected chi connectivity index (χ0v) is 19.5. The summed E-state index contributed by atoms with van der Waals surface area (Å²) in [4.78, 5) is 18.7. The van der Waals surface area contributed by atoms with Gasteiger partial charge in [-0.2, -0.15) is 13.2 Å². The monoisotopic (exact) mass is 503 g/mol. The number of amides is 2. The molecule has 184 valence electrons. The molecule has 1 aliphatic heterocycles. The summed E-state index contributed by atoms with van der Waals surface area (Å²) in [5.74, 6) is 0. The van der Waals surface area contributed by atoms with Crippen LogP contribution in [-0.2, 0) is 23.7 Å². The van der Waals surface area contributed by atoms with Crippen LogP contribution >= 0.6 is 0 Å². The lowest BCUT2D eigenvalue weighted by Gasteiger charge is -2.35. The maximum absolute atomic E-state index is 13.0. The van der Waals surface area contributed by atoms with Crippen molar-refractivity contribution < 1.29 is 22.2 Å². The summed E-state index contributed by atoms with van der Waals surface area (Å²) in [6, 6.07) is 15.2. The van der Waals surface area contributed by atoms with Crippen molar-refractivity contribution >= 4 is 28.4 Å². The normalized spacial score (nSPS) is 15.5. The minimum absolute atomic E-state index is 0.347. The molecule has 11 heteroatoms. The third kappa shape index (κ3) is 6.58. The van der Waals surface area contributed by atoms with Crippen LogP contribution in [0.2, 0.25) is 0 Å². The number of piperazine rings is 1. The van der Waals surface area contributed by atoms with E-state index < -0.39 is 22.7 Å². The highest BCUT2D eigenvalue weighted by Crippen LogP contribution is 2.31. The number of aromatic nitrogens is 1. The molecule has 3 aromatic rings. The smallest absolute Gasteiger partial charge is 0.369 e. The first kappa shape index (κ1) is 24.7. The maximum Gasteiger partial charge on any atom is 0.416 e. The minimum Gasteiger partial charge on any atom is -0.369 e. The number of urea groups is 1. The first-order chi connectivity index (χ1) is 16.8. The quantitative estimate of drug-likeness (QED) is 0.527. The van der Waals surface area contributed by atoms with Crippen molar-refractivity contribution in [2.75, 3.05) is 36.4 Å². The van der Waals surface area contributed by atoms with Crippen LogP contribution in [0.1, 0.15) is 11.1 Å². The van der Waals surface area contributed by atoms with E-state index in [4.69, 9.17) is 0 Å². The number of nitrogens with one attached hydrogen (secondary N) is 2. The maximum atomic E-state index is 13.0. The molecule has 2 N–H and O–H groups in total. The van der Waals surface area contributed by atoms with Crippen LogP contribution in [0.5, 0.6) is 0 Å². The van der Waals surface area contributed by atoms with Gasteiger partial charge in [-0.1, -0.05) is 6.07 Å². The average Bonchev–Trinajstić information content (AvgIpc) is 2.88. The van der Waals surface area contributed by atoms with Crippen LogP contribution in [0.4, 0.5) is 29.3 Å². The van der Waals surface area contributed by atoms with Gasteiger partial charge in [-0.15, -0.1) is 0 Å². The van der Waals surface area contributed by atoms with E-state index in [1.165, 1.54) is 12.1 Å². The van der Waals surface area contributed by atoms with E-state index in [1.807, 2.05) is 15.3 Å². The molecule has 0 bridgehead atoms. The fraction of sp³-hybridized carbons (Fsp3) is 0.250. The third-order valence-electron chi connectivity index (χ3n) is 5.52. The first-order valence-electron chi connectivity index (χ1n) is 10.9. The molecule has 0 radical (unpaired) electrons. The van der Waals surface area contributed by atoms with Gasteiger partial charge in [-0.05, 0) is 60.2 Å². The molecule has 2 aromatic carbocycles. The second-order valence-electron chi connectivity index (χ2n) is 7.90. The van der Waals surface area contributed by atoms with Gasteiger partial charge in [0.25, 0.3) is 0 Å². The Morgan fingerprint density at radius 2 is 1.66 bits per heavy atom. The molecular weight excluding hydrogens is 479 g/mol. The predicted octanol–water partition coefficient (Wildman–Crippen LogP) is 4.27. The van der Waals surface area contributed by atoms with E-state index in [0.29, 0.717) is 49.0 Å². The Morgan fingerprint density at radius 3 is 2.26 bits per heavy atom. The number of nitrogens with zero attached hydrogens (tertiary/aromatic N) is 3. The number of benzene rings is 2. The molecule has 1 saturated heterocycles. The van der Waals surface area contributed by atoms with Crippen LogP contribution in [-0.4, -0.2) is 45.7 Å². The standard InChI is InChI=1S/C24H24F3N5O2S/c25-24(26,27)19-3-7-21(8-4-19)31-12-14-32(15-13-31)35(34)22-9-5-20(6-10-22)30-23(33)29-17-18-2-1-11-28-16-18/h1-11,16H,12-15,17H2,(H2,29,30,33). The molecular formula is C24H24F3N5O2S. The molecule has 7 nitrogen and oxygen atoms in total. The van der Waals surface area contributed by atoms with Gasteiger partial charge >= 0.3 is 12.2 Å². The van der Waals surface area contributed by atoms with Crippen LogP contribution < -0.4 is 15.5 Å². The number of anilines is 2. The fourth-order valence-corrected chi connectivity index (χ4v) is 4.80. The minimum atomic E-state index is -4.36. The van der Waals surface area contributed by atoms with Crippen molar-refractivity contribution in [1.29, 1.82) is 0 Å². The molecule has 1 aliphatic rings. The highest BCUT2D eigenvalue weighted by molar-refractivity contribution is 7.82. The van der Waals surface area contributed by atoms with Crippen molar-refractivity contribution in [3.8, 4) is 0 Å². The highest BCUT2D eigenvalue weighted by Gasteiger charge is 2.30. The lowest BCUT2D eigenvalue weighted by molar-refractivity contribution is -0.137. The number of halogens is 3. The molecule has 4 rings (SSSR count). The number of hydrogen-bond acceptors (Lipinski definition) is 4. The molecule has 2 amide bonds. The number of alkyl halides is 3. The largest absolute Gasteiger partial charge is 0.416 e. The van der Waals surface area contributed by atoms with Crippen molar-refractivity contribution in [1.82, 2.24) is 14.6 Å². The molecule has 0 spiro atoms. The Kier molecular flexibility index (Phi) is 7.67. The van der Waals surface area contributed by atoms with Crippen LogP contribution in [0, 0.1) is 0 Å². The van der Waals surface area contributed by atoms with Crippen molar-refractivity contribution in [2.45, 2.75) is 17.6 Å². The molecule has 0 saturated carbocycles. The molecule has 1 unspecified atom stereocenters. The van der Waals surface area contributed by atoms with Gasteiger partial charge in [0.15, 0.2) is 0 Å². The highest BCUT2D eigenvalue weighted by atomic mass is 32.2. The molecule has 35 heavy (non-hydrogen) atoms. The fourth-order valence-electron chi connectivity index (χ4n) is 3.64. The molecule has 0 aliphatic carbocycles. The topological polar surface area (TPSA) is 77.6 Å². The van der Waals surface area contributed by atoms with E-state index >= 15 is 0 Å². The van der Waals surface area contributed by atoms with Gasteiger partial charge in [-0.25, -0.2) is 13.3 Å². The van der Waals surface area contributed by atoms with E-state index in [1.54, 1.807) is 42.7 Å². The number of rotatable bonds is 6. The molecule has 1 atom stereocenters. The Bertz CT molecular complexity index is 1150. The summed E-state index contributed by atoms with van der Waals surface area (Å²) in [5.41, 5.74) is 1.49. The van der Waals surface area contributed by atoms with Crippen LogP contribution in [0.25, 0.3) is 0 Å². The summed E-state index contributed by atoms with van der Waals surface area (Å²) in [6.07, 6.45) is -1.02. The van der Waals surface area contributed by atoms with E-state index in [0.717, 1.165) is 17.7 Å². The van der Waals surface area contributed by atoms with E-state index in [-0.39, 0.29) is 6.03 Å². The van der Waals surface area contributed by atoms with Crippen molar-refractivity contribution in [2.24, 2.45) is 0 Å². The second-order valence-corrected chi connectivity index (χ2v) is 9.39. The summed E-state index contributed by atoms with van der Waals surface area (Å²) >= 11 is 0. The van der Waals surface area contributed by atoms with Crippen LogP contribution in [0.3, 0.4) is 0 Å². The predicted molar refractivity (Wildman–Crippen MR) is 128 cm³/mol. The summed E-state index contributed by atoms with van der Waals surface area (Å²) in [5, 5.41) is 5.48. The van der Waals surface area contributed by atoms with Gasteiger partial charge in [0.05, 0.1) is 10.5 Å². The summed E-state index contributed by atoms with van der Waals surface area (Å²) < 4.78 is 53.1. The first-order valence-corrected chi connectivity index (χ1v) is 12.0. The SMILES string of the molecule is O=C(NCc1cccnc1)Nc1ccc(S(=O)N2CCN(c3ccc(C(F)(F)F)cc3)CC2)cc1. The molecule has 1 aromatic heterocycles. The van der Waals surface area contributed by atoms with Gasteiger partial charge < -0.3 is 15.5 Å². The Hall–Kier alpha value is -3.44. The van der Waals surface area contributed by atoms with E-state index in [9.17, 15) is 22.2 Å². The number of carbonyl (C=O) groups is 1. The molecule has 2 heterocycles. The average molecular weight is 504 g/mol. The number of pyridine rings is 1. The van der Waals surface area contributed by atoms with Gasteiger partial charge in [0.1, 0.15) is 11.0 Å². The Morgan fingerprint density at radius 1 is 0.971 bits per heavy atom. The number of hydrogen-bond donors (Lipinski definition) is 2. The lowest BCUT2D eigenvalue weighted by Crippen LogP contribution is -2.46. The zero-order chi connectivity index (χ0) is 24.8. The van der Waals surface area contributed by atoms with Gasteiger partial charge in [0, 0.05) is 56.5 Å². The summed E-state index contributed by atoms with van der Waals surface area (Å²) in [6.45, 7) is 2.46. The van der Waals surface area contributed by atoms with Crippen molar-refractivity contribution in [3.05, 3.63) is 84.2 Å². The van der Waals surface area contributed by atoms with Crippen LogP contribution in [0.15, 0.2) is 78.0 Å². The second kappa shape index (κ2) is 10.9. The van der Waals surface area contributed by atoms with Gasteiger partial charge in [-0.3, -0.25) is 4.98 Å². The Balaban J connectivity index is 1.26. The lowest BCUT2D eigenvalue weighted by atomic mass is 10.2. The van der Waals surface area contributed by atoms with E-state index in [2.05, 4.69) is 15.6 Å². The van der Waals surface area contributed by atoms with Gasteiger partial charge in [0.2, 0.25) is 0 Å². The van der Waals surface area contributed by atoms with Crippen molar-refractivity contribution in [3.63, 3.8) is 0 Å². The number of carbonyl (C=O) groups excluding carboxylic acids is 1.